The molecular formula is C25H22ClN3O4S2. The molecule has 0 N–H and O–H groups in total. The lowest BCUT2D eigenvalue weighted by Crippen LogP contribution is -2.49. The average molecular weight is 528 g/mol. The van der Waals surface area contributed by atoms with Crippen molar-refractivity contribution in [3.63, 3.8) is 0 Å². The van der Waals surface area contributed by atoms with E-state index in [0.717, 1.165) is 10.4 Å². The summed E-state index contributed by atoms with van der Waals surface area (Å²) in [4.78, 5) is 21.8. The monoisotopic (exact) mass is 527 g/mol. The second-order valence-electron chi connectivity index (χ2n) is 8.21. The van der Waals surface area contributed by atoms with Crippen molar-refractivity contribution in [2.45, 2.75) is 16.8 Å². The highest BCUT2D eigenvalue weighted by Gasteiger charge is 2.33. The molecule has 2 aromatic carbocycles. The Hall–Kier alpha value is -3.14. The number of hydrogen-bond acceptors (Lipinski definition) is 7. The molecule has 0 bridgehead atoms. The van der Waals surface area contributed by atoms with Crippen LogP contribution in [0.1, 0.15) is 15.9 Å². The maximum atomic E-state index is 13.5. The Bertz CT molecular complexity index is 1440. The molecule has 0 atom stereocenters. The smallest absolute Gasteiger partial charge is 0.253 e. The predicted octanol–water partition coefficient (Wildman–Crippen LogP) is 5.16. The molecule has 1 fully saturated rings. The zero-order valence-electron chi connectivity index (χ0n) is 18.8. The molecule has 0 radical (unpaired) electrons. The van der Waals surface area contributed by atoms with E-state index in [9.17, 15) is 13.2 Å². The zero-order chi connectivity index (χ0) is 24.6. The highest BCUT2D eigenvalue weighted by atomic mass is 35.5. The second-order valence-corrected chi connectivity index (χ2v) is 11.5. The summed E-state index contributed by atoms with van der Waals surface area (Å²) in [7, 11) is -3.96. The van der Waals surface area contributed by atoms with E-state index in [4.69, 9.17) is 16.0 Å². The van der Waals surface area contributed by atoms with Gasteiger partial charge in [-0.1, -0.05) is 35.4 Å². The van der Waals surface area contributed by atoms with Crippen molar-refractivity contribution >= 4 is 44.6 Å². The van der Waals surface area contributed by atoms with Crippen molar-refractivity contribution < 1.29 is 17.6 Å². The number of amides is 1. The van der Waals surface area contributed by atoms with Crippen LogP contribution in [0.5, 0.6) is 0 Å². The normalized spacial score (nSPS) is 14.3. The third-order valence-electron chi connectivity index (χ3n) is 5.84. The van der Waals surface area contributed by atoms with Crippen LogP contribution in [0.15, 0.2) is 80.4 Å². The van der Waals surface area contributed by atoms with Gasteiger partial charge in [0.1, 0.15) is 0 Å². The summed E-state index contributed by atoms with van der Waals surface area (Å²) in [5.74, 6) is 0.391. The van der Waals surface area contributed by atoms with Crippen molar-refractivity contribution in [1.29, 1.82) is 0 Å². The number of nitrogens with zero attached hydrogens (tertiary/aromatic N) is 3. The van der Waals surface area contributed by atoms with Gasteiger partial charge in [0.2, 0.25) is 26.6 Å². The number of aromatic nitrogens is 1. The third-order valence-corrected chi connectivity index (χ3v) is 8.62. The van der Waals surface area contributed by atoms with Gasteiger partial charge < -0.3 is 14.2 Å². The predicted molar refractivity (Wildman–Crippen MR) is 136 cm³/mol. The van der Waals surface area contributed by atoms with Crippen LogP contribution in [0.2, 0.25) is 5.02 Å². The molecule has 7 nitrogen and oxygen atoms in total. The van der Waals surface area contributed by atoms with Gasteiger partial charge in [-0.3, -0.25) is 4.79 Å². The lowest BCUT2D eigenvalue weighted by atomic mass is 10.1. The first-order chi connectivity index (χ1) is 16.8. The van der Waals surface area contributed by atoms with Crippen LogP contribution in [-0.2, 0) is 9.84 Å². The fourth-order valence-electron chi connectivity index (χ4n) is 3.90. The number of carbonyl (C=O) groups is 1. The number of rotatable bonds is 5. The van der Waals surface area contributed by atoms with E-state index in [1.165, 1.54) is 35.6 Å². The number of halogens is 1. The van der Waals surface area contributed by atoms with Gasteiger partial charge in [-0.2, -0.15) is 4.98 Å². The lowest BCUT2D eigenvalue weighted by Gasteiger charge is -2.34. The number of thiophene rings is 1. The SMILES string of the molecule is Cc1ccc(C(=O)N2CCN(c3oc(-c4cccs4)nc3S(=O)(=O)c3ccc(Cl)cc3)CC2)cc1. The molecule has 0 saturated carbocycles. The number of sulfone groups is 1. The van der Waals surface area contributed by atoms with Gasteiger partial charge in [0.25, 0.3) is 5.91 Å². The Morgan fingerprint density at radius 1 is 1.00 bits per heavy atom. The number of aryl methyl sites for hydroxylation is 1. The van der Waals surface area contributed by atoms with E-state index in [0.29, 0.717) is 36.8 Å². The van der Waals surface area contributed by atoms with Crippen LogP contribution in [0.4, 0.5) is 5.88 Å². The molecule has 1 saturated heterocycles. The zero-order valence-corrected chi connectivity index (χ0v) is 21.2. The maximum absolute atomic E-state index is 13.5. The Morgan fingerprint density at radius 2 is 1.69 bits per heavy atom. The number of oxazole rings is 1. The highest BCUT2D eigenvalue weighted by molar-refractivity contribution is 7.91. The number of hydrogen-bond donors (Lipinski definition) is 0. The molecule has 1 amide bonds. The van der Waals surface area contributed by atoms with Gasteiger partial charge in [0, 0.05) is 36.8 Å². The first kappa shape index (κ1) is 23.6. The fourth-order valence-corrected chi connectivity index (χ4v) is 5.99. The first-order valence-electron chi connectivity index (χ1n) is 11.0. The van der Waals surface area contributed by atoms with Crippen LogP contribution in [0.25, 0.3) is 10.8 Å². The van der Waals surface area contributed by atoms with E-state index in [2.05, 4.69) is 4.98 Å². The molecule has 4 aromatic rings. The van der Waals surface area contributed by atoms with Crippen LogP contribution in [0.3, 0.4) is 0 Å². The topological polar surface area (TPSA) is 83.7 Å². The van der Waals surface area contributed by atoms with Crippen molar-refractivity contribution in [3.8, 4) is 10.8 Å². The number of piperazine rings is 1. The minimum atomic E-state index is -3.96. The molecule has 0 aliphatic carbocycles. The quantitative estimate of drug-likeness (QED) is 0.356. The summed E-state index contributed by atoms with van der Waals surface area (Å²) in [5.41, 5.74) is 1.72. The molecule has 1 aliphatic rings. The summed E-state index contributed by atoms with van der Waals surface area (Å²) in [6.45, 7) is 3.68. The van der Waals surface area contributed by atoms with E-state index in [1.807, 2.05) is 53.6 Å². The van der Waals surface area contributed by atoms with E-state index in [1.54, 1.807) is 4.90 Å². The van der Waals surface area contributed by atoms with Gasteiger partial charge in [-0.25, -0.2) is 8.42 Å². The molecular weight excluding hydrogens is 506 g/mol. The van der Waals surface area contributed by atoms with Crippen molar-refractivity contribution in [1.82, 2.24) is 9.88 Å². The molecule has 10 heteroatoms. The van der Waals surface area contributed by atoms with Crippen molar-refractivity contribution in [3.05, 3.63) is 82.2 Å². The molecule has 2 aromatic heterocycles. The van der Waals surface area contributed by atoms with Gasteiger partial charge in [-0.15, -0.1) is 11.3 Å². The average Bonchev–Trinajstić information content (AvgIpc) is 3.55. The number of carbonyl (C=O) groups excluding carboxylic acids is 1. The minimum Gasteiger partial charge on any atom is -0.418 e. The summed E-state index contributed by atoms with van der Waals surface area (Å²) in [5, 5.41) is 2.18. The molecule has 3 heterocycles. The molecule has 0 spiro atoms. The fraction of sp³-hybridized carbons (Fsp3) is 0.200. The van der Waals surface area contributed by atoms with E-state index in [-0.39, 0.29) is 27.6 Å². The minimum absolute atomic E-state index is 0.0458. The van der Waals surface area contributed by atoms with E-state index < -0.39 is 9.84 Å². The van der Waals surface area contributed by atoms with Gasteiger partial charge >= 0.3 is 0 Å². The van der Waals surface area contributed by atoms with Gasteiger partial charge in [0.05, 0.1) is 9.77 Å². The van der Waals surface area contributed by atoms with E-state index >= 15 is 0 Å². The Balaban J connectivity index is 1.44. The number of benzene rings is 2. The summed E-state index contributed by atoms with van der Waals surface area (Å²) in [6, 6.07) is 17.1. The Kier molecular flexibility index (Phi) is 6.39. The van der Waals surface area contributed by atoms with Gasteiger partial charge in [0.15, 0.2) is 0 Å². The summed E-state index contributed by atoms with van der Waals surface area (Å²) in [6.07, 6.45) is 0. The van der Waals surface area contributed by atoms with Crippen LogP contribution in [-0.4, -0.2) is 50.4 Å². The van der Waals surface area contributed by atoms with Crippen LogP contribution < -0.4 is 4.90 Å². The maximum Gasteiger partial charge on any atom is 0.253 e. The third kappa shape index (κ3) is 4.71. The lowest BCUT2D eigenvalue weighted by molar-refractivity contribution is 0.0745. The molecule has 0 unspecified atom stereocenters. The first-order valence-corrected chi connectivity index (χ1v) is 13.7. The van der Waals surface area contributed by atoms with Crippen molar-refractivity contribution in [2.75, 3.05) is 31.1 Å². The summed E-state index contributed by atoms with van der Waals surface area (Å²) < 4.78 is 33.1. The highest BCUT2D eigenvalue weighted by Crippen LogP contribution is 2.36. The Morgan fingerprint density at radius 3 is 2.31 bits per heavy atom. The van der Waals surface area contributed by atoms with Crippen LogP contribution >= 0.6 is 22.9 Å². The second kappa shape index (κ2) is 9.49. The van der Waals surface area contributed by atoms with Gasteiger partial charge in [-0.05, 0) is 54.8 Å². The van der Waals surface area contributed by atoms with Crippen molar-refractivity contribution in [2.24, 2.45) is 0 Å². The molecule has 35 heavy (non-hydrogen) atoms. The largest absolute Gasteiger partial charge is 0.418 e. The number of anilines is 1. The summed E-state index contributed by atoms with van der Waals surface area (Å²) >= 11 is 7.37. The molecule has 1 aliphatic heterocycles. The van der Waals surface area contributed by atoms with Crippen LogP contribution in [0, 0.1) is 6.92 Å². The molecule has 180 valence electrons. The standard InChI is InChI=1S/C25H22ClN3O4S2/c1-17-4-6-18(7-5-17)24(30)28-12-14-29(15-13-28)25-23(27-22(33-25)21-3-2-16-34-21)35(31,32)20-10-8-19(26)9-11-20/h2-11,16H,12-15H2,1H3. The molecule has 5 rings (SSSR count). The Labute approximate surface area is 212 Å².